The van der Waals surface area contributed by atoms with E-state index < -0.39 is 0 Å². The molecule has 1 aliphatic carbocycles. The van der Waals surface area contributed by atoms with Gasteiger partial charge in [0.1, 0.15) is 0 Å². The normalized spacial score (nSPS) is 21.5. The number of hydrogen-bond acceptors (Lipinski definition) is 1. The smallest absolute Gasteiger partial charge is 0.166 e. The van der Waals surface area contributed by atoms with Gasteiger partial charge in [-0.1, -0.05) is 74.4 Å². The number of carbonyl (C=O) groups is 1. The van der Waals surface area contributed by atoms with Crippen molar-refractivity contribution < 1.29 is 4.79 Å². The molecule has 3 rings (SSSR count). The van der Waals surface area contributed by atoms with E-state index in [0.717, 1.165) is 24.8 Å². The fourth-order valence-corrected chi connectivity index (χ4v) is 3.66. The minimum Gasteiger partial charge on any atom is -0.294 e. The van der Waals surface area contributed by atoms with Crippen molar-refractivity contribution >= 4 is 5.78 Å². The molecule has 114 valence electrons. The van der Waals surface area contributed by atoms with Crippen LogP contribution in [-0.4, -0.2) is 5.78 Å². The summed E-state index contributed by atoms with van der Waals surface area (Å²) in [4.78, 5) is 13.0. The third-order valence-corrected chi connectivity index (χ3v) is 4.98. The zero-order valence-corrected chi connectivity index (χ0v) is 13.3. The molecule has 0 aromatic heterocycles. The maximum absolute atomic E-state index is 13.0. The van der Waals surface area contributed by atoms with Crippen molar-refractivity contribution in [3.05, 3.63) is 71.3 Å². The lowest BCUT2D eigenvalue weighted by Gasteiger charge is -2.31. The fourth-order valence-electron chi connectivity index (χ4n) is 3.66. The molecule has 0 amide bonds. The molecule has 1 aliphatic rings. The molecule has 0 radical (unpaired) electrons. The Labute approximate surface area is 133 Å². The Balaban J connectivity index is 1.85. The van der Waals surface area contributed by atoms with Gasteiger partial charge in [0, 0.05) is 11.5 Å². The largest absolute Gasteiger partial charge is 0.294 e. The number of ketones is 1. The van der Waals surface area contributed by atoms with E-state index in [1.165, 1.54) is 24.0 Å². The molecule has 0 N–H and O–H groups in total. The van der Waals surface area contributed by atoms with E-state index >= 15 is 0 Å². The maximum Gasteiger partial charge on any atom is 0.166 e. The summed E-state index contributed by atoms with van der Waals surface area (Å²) in [6, 6.07) is 18.8. The molecular formula is C21H24O. The number of carbonyl (C=O) groups excluding carboxylic acids is 1. The second-order valence-corrected chi connectivity index (χ2v) is 6.32. The van der Waals surface area contributed by atoms with Crippen LogP contribution in [0.3, 0.4) is 0 Å². The Morgan fingerprint density at radius 1 is 0.955 bits per heavy atom. The van der Waals surface area contributed by atoms with E-state index in [1.807, 2.05) is 18.2 Å². The van der Waals surface area contributed by atoms with Crippen LogP contribution in [0, 0.1) is 5.92 Å². The Bertz CT molecular complexity index is 612. The predicted octanol–water partition coefficient (Wildman–Crippen LogP) is 5.41. The van der Waals surface area contributed by atoms with Gasteiger partial charge in [0.2, 0.25) is 0 Å². The summed E-state index contributed by atoms with van der Waals surface area (Å²) in [5.41, 5.74) is 3.50. The first-order valence-corrected chi connectivity index (χ1v) is 8.47. The van der Waals surface area contributed by atoms with Gasteiger partial charge < -0.3 is 0 Å². The van der Waals surface area contributed by atoms with Crippen LogP contribution in [0.1, 0.15) is 60.0 Å². The molecule has 1 nitrogen and oxygen atoms in total. The van der Waals surface area contributed by atoms with Crippen molar-refractivity contribution in [1.82, 2.24) is 0 Å². The second-order valence-electron chi connectivity index (χ2n) is 6.32. The van der Waals surface area contributed by atoms with Gasteiger partial charge in [0.05, 0.1) is 0 Å². The van der Waals surface area contributed by atoms with Crippen LogP contribution in [0.15, 0.2) is 54.6 Å². The summed E-state index contributed by atoms with van der Waals surface area (Å²) in [5, 5.41) is 0. The minimum atomic E-state index is 0.142. The molecule has 0 aliphatic heterocycles. The van der Waals surface area contributed by atoms with Crippen molar-refractivity contribution in [2.45, 2.75) is 44.9 Å². The molecule has 2 unspecified atom stereocenters. The van der Waals surface area contributed by atoms with E-state index in [4.69, 9.17) is 0 Å². The fraction of sp³-hybridized carbons (Fsp3) is 0.381. The van der Waals surface area contributed by atoms with Crippen LogP contribution in [0.25, 0.3) is 0 Å². The second kappa shape index (κ2) is 6.91. The lowest BCUT2D eigenvalue weighted by Crippen LogP contribution is -2.26. The number of hydrogen-bond donors (Lipinski definition) is 0. The highest BCUT2D eigenvalue weighted by molar-refractivity contribution is 5.98. The maximum atomic E-state index is 13.0. The summed E-state index contributed by atoms with van der Waals surface area (Å²) >= 11 is 0. The average Bonchev–Trinajstić information content (AvgIpc) is 2.62. The van der Waals surface area contributed by atoms with Gasteiger partial charge >= 0.3 is 0 Å². The molecule has 1 heteroatoms. The lowest BCUT2D eigenvalue weighted by atomic mass is 9.72. The molecule has 0 saturated heterocycles. The molecule has 22 heavy (non-hydrogen) atoms. The molecular weight excluding hydrogens is 268 g/mol. The first-order valence-electron chi connectivity index (χ1n) is 8.47. The van der Waals surface area contributed by atoms with Crippen molar-refractivity contribution in [2.75, 3.05) is 0 Å². The van der Waals surface area contributed by atoms with Gasteiger partial charge in [-0.3, -0.25) is 4.79 Å². The topological polar surface area (TPSA) is 17.1 Å². The molecule has 2 aromatic rings. The zero-order valence-electron chi connectivity index (χ0n) is 13.3. The minimum absolute atomic E-state index is 0.142. The Morgan fingerprint density at radius 2 is 1.64 bits per heavy atom. The third kappa shape index (κ3) is 3.14. The van der Waals surface area contributed by atoms with E-state index in [1.54, 1.807) is 0 Å². The lowest BCUT2D eigenvalue weighted by molar-refractivity contribution is 0.0868. The standard InChI is InChI=1S/C21H24O/c1-2-16-12-14-18(15-13-16)21(22)20-11-7-6-10-19(20)17-8-4-3-5-9-17/h3-5,8-9,12-15,19-20H,2,6-7,10-11H2,1H3. The summed E-state index contributed by atoms with van der Waals surface area (Å²) < 4.78 is 0. The number of rotatable bonds is 4. The Hall–Kier alpha value is -1.89. The molecule has 0 spiro atoms. The highest BCUT2D eigenvalue weighted by Gasteiger charge is 2.32. The summed E-state index contributed by atoms with van der Waals surface area (Å²) in [5.74, 6) is 0.855. The van der Waals surface area contributed by atoms with Crippen LogP contribution < -0.4 is 0 Å². The average molecular weight is 292 g/mol. The first kappa shape index (κ1) is 15.0. The third-order valence-electron chi connectivity index (χ3n) is 4.98. The highest BCUT2D eigenvalue weighted by atomic mass is 16.1. The number of benzene rings is 2. The van der Waals surface area contributed by atoms with Crippen molar-refractivity contribution in [2.24, 2.45) is 5.92 Å². The molecule has 1 fully saturated rings. The Kier molecular flexibility index (Phi) is 4.72. The van der Waals surface area contributed by atoms with Gasteiger partial charge in [-0.05, 0) is 36.3 Å². The first-order chi connectivity index (χ1) is 10.8. The zero-order chi connectivity index (χ0) is 15.4. The van der Waals surface area contributed by atoms with Crippen LogP contribution >= 0.6 is 0 Å². The molecule has 0 heterocycles. The van der Waals surface area contributed by atoms with Crippen LogP contribution in [0.2, 0.25) is 0 Å². The molecule has 1 saturated carbocycles. The van der Waals surface area contributed by atoms with E-state index in [-0.39, 0.29) is 5.92 Å². The van der Waals surface area contributed by atoms with Gasteiger partial charge in [-0.25, -0.2) is 0 Å². The van der Waals surface area contributed by atoms with E-state index in [9.17, 15) is 4.79 Å². The molecule has 2 aromatic carbocycles. The molecule has 0 bridgehead atoms. The number of aryl methyl sites for hydroxylation is 1. The summed E-state index contributed by atoms with van der Waals surface area (Å²) in [6.45, 7) is 2.14. The monoisotopic (exact) mass is 292 g/mol. The van der Waals surface area contributed by atoms with Crippen LogP contribution in [0.5, 0.6) is 0 Å². The summed E-state index contributed by atoms with van der Waals surface area (Å²) in [7, 11) is 0. The SMILES string of the molecule is CCc1ccc(C(=O)C2CCCCC2c2ccccc2)cc1. The number of Topliss-reactive ketones (excluding diaryl/α,β-unsaturated/α-hetero) is 1. The van der Waals surface area contributed by atoms with Crippen LogP contribution in [0.4, 0.5) is 0 Å². The van der Waals surface area contributed by atoms with Crippen molar-refractivity contribution in [1.29, 1.82) is 0 Å². The van der Waals surface area contributed by atoms with Gasteiger partial charge in [0.25, 0.3) is 0 Å². The van der Waals surface area contributed by atoms with Crippen LogP contribution in [-0.2, 0) is 6.42 Å². The van der Waals surface area contributed by atoms with Crippen molar-refractivity contribution in [3.63, 3.8) is 0 Å². The van der Waals surface area contributed by atoms with Crippen molar-refractivity contribution in [3.8, 4) is 0 Å². The van der Waals surface area contributed by atoms with Gasteiger partial charge in [-0.2, -0.15) is 0 Å². The Morgan fingerprint density at radius 3 is 2.32 bits per heavy atom. The predicted molar refractivity (Wildman–Crippen MR) is 91.3 cm³/mol. The summed E-state index contributed by atoms with van der Waals surface area (Å²) in [6.07, 6.45) is 5.58. The molecule has 2 atom stereocenters. The van der Waals surface area contributed by atoms with E-state index in [0.29, 0.717) is 11.7 Å². The van der Waals surface area contributed by atoms with Gasteiger partial charge in [0.15, 0.2) is 5.78 Å². The quantitative estimate of drug-likeness (QED) is 0.689. The van der Waals surface area contributed by atoms with Gasteiger partial charge in [-0.15, -0.1) is 0 Å². The van der Waals surface area contributed by atoms with E-state index in [2.05, 4.69) is 43.3 Å². The highest BCUT2D eigenvalue weighted by Crippen LogP contribution is 2.39.